The van der Waals surface area contributed by atoms with Gasteiger partial charge in [0, 0.05) is 53.6 Å². The van der Waals surface area contributed by atoms with E-state index in [-0.39, 0.29) is 31.2 Å². The molecule has 15 heteroatoms. The van der Waals surface area contributed by atoms with Gasteiger partial charge in [0.2, 0.25) is 6.79 Å². The summed E-state index contributed by atoms with van der Waals surface area (Å²) in [6.45, 7) is 5.63. The smallest absolute Gasteiger partial charge is 0.331 e. The number of fused-ring (bicyclic) bond motifs is 9. The van der Waals surface area contributed by atoms with Crippen molar-refractivity contribution in [1.29, 1.82) is 5.26 Å². The Kier molecular flexibility index (Phi) is 9.19. The Bertz CT molecular complexity index is 2260. The topological polar surface area (TPSA) is 150 Å². The van der Waals surface area contributed by atoms with Crippen LogP contribution in [0.2, 0.25) is 0 Å². The van der Waals surface area contributed by atoms with Crippen molar-refractivity contribution in [3.8, 4) is 46.3 Å². The average Bonchev–Trinajstić information content (AvgIpc) is 3.70. The normalized spacial score (nSPS) is 28.2. The average molecular weight is 799 g/mol. The number of ether oxygens (including phenoxy) is 8. The summed E-state index contributed by atoms with van der Waals surface area (Å²) in [5.41, 5.74) is 5.51. The Labute approximate surface area is 335 Å². The number of aryl methyl sites for hydroxylation is 1. The van der Waals surface area contributed by atoms with Crippen molar-refractivity contribution in [1.82, 2.24) is 15.1 Å². The highest BCUT2D eigenvalue weighted by molar-refractivity contribution is 7.99. The third-order valence-corrected chi connectivity index (χ3v) is 14.3. The van der Waals surface area contributed by atoms with E-state index in [0.29, 0.717) is 70.8 Å². The van der Waals surface area contributed by atoms with Crippen LogP contribution in [-0.4, -0.2) is 101 Å². The number of nitriles is 1. The zero-order valence-corrected chi connectivity index (χ0v) is 34.1. The SMILES string of the molecule is COc1cc2c(cc1OC)[C@@]1(CS[C@@H]3c4c(OC(C)=O)c(C)c5c(c4[C@H](COC1=O)N1C3[C@H]3c4c(cc(C)c(OC)c4OC)CC([C@@H]1C#N)N3C)OCO5)NCC2. The van der Waals surface area contributed by atoms with Crippen molar-refractivity contribution in [2.45, 2.75) is 74.6 Å². The lowest BCUT2D eigenvalue weighted by molar-refractivity contribution is -0.157. The molecular formula is C42H46N4O10S. The highest BCUT2D eigenvalue weighted by Gasteiger charge is 2.62. The number of nitrogens with one attached hydrogen (secondary N) is 1. The molecule has 7 heterocycles. The quantitative estimate of drug-likeness (QED) is 0.283. The number of carbonyl (C=O) groups excluding carboxylic acids is 2. The molecule has 57 heavy (non-hydrogen) atoms. The van der Waals surface area contributed by atoms with Gasteiger partial charge in [0.15, 0.2) is 40.0 Å². The van der Waals surface area contributed by atoms with E-state index in [1.165, 1.54) is 6.92 Å². The van der Waals surface area contributed by atoms with Crippen LogP contribution in [-0.2, 0) is 32.7 Å². The third kappa shape index (κ3) is 5.26. The van der Waals surface area contributed by atoms with Crippen molar-refractivity contribution in [2.24, 2.45) is 0 Å². The highest BCUT2D eigenvalue weighted by atomic mass is 32.2. The molecular weight excluding hydrogens is 753 g/mol. The molecule has 7 atom stereocenters. The molecule has 3 aromatic carbocycles. The van der Waals surface area contributed by atoms with Gasteiger partial charge < -0.3 is 37.9 Å². The predicted octanol–water partition coefficient (Wildman–Crippen LogP) is 4.59. The van der Waals surface area contributed by atoms with Crippen LogP contribution >= 0.6 is 11.8 Å². The first-order chi connectivity index (χ1) is 27.5. The second-order valence-corrected chi connectivity index (χ2v) is 16.6. The number of nitrogens with zero attached hydrogens (tertiary/aromatic N) is 3. The first-order valence-corrected chi connectivity index (χ1v) is 20.1. The van der Waals surface area contributed by atoms with Gasteiger partial charge in [-0.2, -0.15) is 5.26 Å². The molecule has 0 aromatic heterocycles. The molecule has 3 aromatic rings. The summed E-state index contributed by atoms with van der Waals surface area (Å²) in [5.74, 6) is 3.03. The van der Waals surface area contributed by atoms with Gasteiger partial charge in [-0.1, -0.05) is 6.07 Å². The summed E-state index contributed by atoms with van der Waals surface area (Å²) in [6.07, 6.45) is 1.25. The summed E-state index contributed by atoms with van der Waals surface area (Å²) in [5, 5.41) is 14.3. The lowest BCUT2D eigenvalue weighted by Crippen LogP contribution is -2.69. The number of thioether (sulfide) groups is 1. The summed E-state index contributed by atoms with van der Waals surface area (Å²) in [7, 11) is 8.55. The molecule has 2 unspecified atom stereocenters. The van der Waals surface area contributed by atoms with Crippen LogP contribution in [0, 0.1) is 25.2 Å². The molecule has 4 bridgehead atoms. The molecule has 1 N–H and O–H groups in total. The van der Waals surface area contributed by atoms with Gasteiger partial charge in [0.1, 0.15) is 18.4 Å². The monoisotopic (exact) mass is 798 g/mol. The van der Waals surface area contributed by atoms with E-state index in [1.807, 2.05) is 26.0 Å². The summed E-state index contributed by atoms with van der Waals surface area (Å²) < 4.78 is 48.7. The van der Waals surface area contributed by atoms with Crippen LogP contribution in [0.1, 0.15) is 68.8 Å². The summed E-state index contributed by atoms with van der Waals surface area (Å²) >= 11 is 1.57. The molecule has 7 aliphatic heterocycles. The third-order valence-electron chi connectivity index (χ3n) is 12.8. The first kappa shape index (κ1) is 37.7. The zero-order chi connectivity index (χ0) is 40.1. The minimum absolute atomic E-state index is 0.0334. The molecule has 1 spiro atoms. The number of esters is 2. The van der Waals surface area contributed by atoms with E-state index in [1.54, 1.807) is 40.2 Å². The van der Waals surface area contributed by atoms with Gasteiger partial charge in [0.05, 0.1) is 51.8 Å². The van der Waals surface area contributed by atoms with Gasteiger partial charge >= 0.3 is 11.9 Å². The van der Waals surface area contributed by atoms with Crippen LogP contribution in [0.3, 0.4) is 0 Å². The lowest BCUT2D eigenvalue weighted by Gasteiger charge is -2.62. The Morgan fingerprint density at radius 3 is 2.39 bits per heavy atom. The van der Waals surface area contributed by atoms with Crippen LogP contribution < -0.4 is 38.5 Å². The minimum atomic E-state index is -1.28. The molecule has 2 saturated heterocycles. The molecule has 14 nitrogen and oxygen atoms in total. The molecule has 0 amide bonds. The number of benzene rings is 3. The molecule has 10 rings (SSSR count). The van der Waals surface area contributed by atoms with Crippen LogP contribution in [0.15, 0.2) is 18.2 Å². The van der Waals surface area contributed by atoms with Crippen molar-refractivity contribution in [3.63, 3.8) is 0 Å². The maximum Gasteiger partial charge on any atom is 0.331 e. The fourth-order valence-electron chi connectivity index (χ4n) is 10.5. The fraction of sp³-hybridized carbons (Fsp3) is 0.500. The predicted molar refractivity (Wildman–Crippen MR) is 208 cm³/mol. The maximum atomic E-state index is 14.9. The summed E-state index contributed by atoms with van der Waals surface area (Å²) in [6, 6.07) is 6.35. The van der Waals surface area contributed by atoms with Crippen molar-refractivity contribution in [2.75, 3.05) is 61.2 Å². The van der Waals surface area contributed by atoms with E-state index in [0.717, 1.165) is 33.4 Å². The number of hydrogen-bond acceptors (Lipinski definition) is 15. The Morgan fingerprint density at radius 2 is 1.68 bits per heavy atom. The van der Waals surface area contributed by atoms with Gasteiger partial charge in [-0.05, 0) is 68.1 Å². The van der Waals surface area contributed by atoms with Crippen LogP contribution in [0.5, 0.6) is 40.2 Å². The van der Waals surface area contributed by atoms with E-state index >= 15 is 0 Å². The Hall–Kier alpha value is -4.88. The van der Waals surface area contributed by atoms with Gasteiger partial charge in [0.25, 0.3) is 0 Å². The van der Waals surface area contributed by atoms with Crippen LogP contribution in [0.4, 0.5) is 0 Å². The fourth-order valence-corrected chi connectivity index (χ4v) is 12.2. The van der Waals surface area contributed by atoms with Gasteiger partial charge in [-0.25, -0.2) is 4.79 Å². The second-order valence-electron chi connectivity index (χ2n) is 15.5. The van der Waals surface area contributed by atoms with Crippen molar-refractivity contribution < 1.29 is 47.5 Å². The molecule has 7 aliphatic rings. The number of carbonyl (C=O) groups is 2. The molecule has 0 aliphatic carbocycles. The van der Waals surface area contributed by atoms with E-state index < -0.39 is 40.9 Å². The van der Waals surface area contributed by atoms with E-state index in [2.05, 4.69) is 34.3 Å². The highest BCUT2D eigenvalue weighted by Crippen LogP contribution is 2.64. The molecule has 0 saturated carbocycles. The van der Waals surface area contributed by atoms with E-state index in [9.17, 15) is 14.9 Å². The standard InChI is InChI=1S/C42H46N4O10S/c1-19-11-23-12-25-26(15-43)46-27-16-53-41(48)42(24-14-29(50-6)28(49-5)13-22(24)9-10-44-42)17-57-40(34(46)33(45(25)4)30(23)38(52-8)35(19)51-7)32-31(27)39-37(54-18-55-39)20(2)36(32)56-21(3)47/h11,13-14,25-27,33-34,40,44H,9-10,12,16-18H2,1-8H3/t25?,26-,27-,33+,34?,40+,42+/m0/s1. The van der Waals surface area contributed by atoms with Gasteiger partial charge in [-0.3, -0.25) is 19.9 Å². The van der Waals surface area contributed by atoms with E-state index in [4.69, 9.17) is 37.9 Å². The number of rotatable bonds is 5. The first-order valence-electron chi connectivity index (χ1n) is 19.1. The molecule has 300 valence electrons. The number of piperazine rings is 1. The largest absolute Gasteiger partial charge is 0.493 e. The van der Waals surface area contributed by atoms with Crippen molar-refractivity contribution >= 4 is 23.7 Å². The number of methoxy groups -OCH3 is 4. The Morgan fingerprint density at radius 1 is 0.947 bits per heavy atom. The van der Waals surface area contributed by atoms with Gasteiger partial charge in [-0.15, -0.1) is 11.8 Å². The Balaban J connectivity index is 1.33. The number of hydrogen-bond donors (Lipinski definition) is 1. The minimum Gasteiger partial charge on any atom is -0.493 e. The number of likely N-dealkylation sites (N-methyl/N-ethyl adjacent to an activating group) is 1. The molecule has 2 fully saturated rings. The molecule has 0 radical (unpaired) electrons. The summed E-state index contributed by atoms with van der Waals surface area (Å²) in [4.78, 5) is 32.5. The van der Waals surface area contributed by atoms with Crippen LogP contribution in [0.25, 0.3) is 0 Å². The maximum absolute atomic E-state index is 14.9. The van der Waals surface area contributed by atoms with Crippen molar-refractivity contribution in [3.05, 3.63) is 62.7 Å². The second kappa shape index (κ2) is 13.9. The lowest BCUT2D eigenvalue weighted by atomic mass is 9.71. The zero-order valence-electron chi connectivity index (χ0n) is 33.3.